The van der Waals surface area contributed by atoms with Crippen LogP contribution in [0, 0.1) is 18.8 Å². The molecule has 1 aromatic carbocycles. The topological polar surface area (TPSA) is 46.9 Å². The third kappa shape index (κ3) is 3.06. The number of rotatable bonds is 4. The van der Waals surface area contributed by atoms with Crippen LogP contribution in [0.2, 0.25) is 0 Å². The number of carbonyl (C=O) groups excluding carboxylic acids is 1. The molecule has 1 unspecified atom stereocenters. The number of anilines is 1. The molecule has 1 fully saturated rings. The van der Waals surface area contributed by atoms with Crippen molar-refractivity contribution in [2.24, 2.45) is 13.0 Å². The van der Waals surface area contributed by atoms with Crippen molar-refractivity contribution >= 4 is 17.7 Å². The van der Waals surface area contributed by atoms with Gasteiger partial charge in [-0.3, -0.25) is 4.79 Å². The lowest BCUT2D eigenvalue weighted by Crippen LogP contribution is -2.15. The quantitative estimate of drug-likeness (QED) is 0.924. The third-order valence-electron chi connectivity index (χ3n) is 3.97. The number of amides is 1. The van der Waals surface area contributed by atoms with Crippen LogP contribution >= 0.6 is 0 Å². The summed E-state index contributed by atoms with van der Waals surface area (Å²) in [5, 5.41) is 6.48. The fourth-order valence-corrected chi connectivity index (χ4v) is 2.49. The Bertz CT molecular complexity index is 826. The summed E-state index contributed by atoms with van der Waals surface area (Å²) in [6.07, 6.45) is 2.83. The first-order valence-electron chi connectivity index (χ1n) is 7.45. The molecule has 1 aliphatic rings. The van der Waals surface area contributed by atoms with Gasteiger partial charge in [-0.2, -0.15) is 9.49 Å². The number of aromatic nitrogens is 2. The SMILES string of the molecule is Cc1nn(C)c(F)c1C(=O)Nc1ccccc1/C=C/C1CC1(F)F. The standard InChI is InChI=1S/C17H16F3N3O/c1-10-14(15(18)23(2)22-10)16(24)21-13-6-4-3-5-11(13)7-8-12-9-17(12,19)20/h3-8,12H,9H2,1-2H3,(H,21,24)/b8-7+. The highest BCUT2D eigenvalue weighted by Gasteiger charge is 2.55. The van der Waals surface area contributed by atoms with Crippen LogP contribution in [-0.2, 0) is 7.05 Å². The highest BCUT2D eigenvalue weighted by molar-refractivity contribution is 6.06. The fraction of sp³-hybridized carbons (Fsp3) is 0.294. The minimum atomic E-state index is -2.63. The van der Waals surface area contributed by atoms with E-state index in [1.807, 2.05) is 0 Å². The van der Waals surface area contributed by atoms with Gasteiger partial charge in [0.05, 0.1) is 5.69 Å². The Balaban J connectivity index is 1.82. The lowest BCUT2D eigenvalue weighted by Gasteiger charge is -2.08. The Labute approximate surface area is 137 Å². The molecule has 3 rings (SSSR count). The molecule has 4 nitrogen and oxygen atoms in total. The number of alkyl halides is 2. The minimum Gasteiger partial charge on any atom is -0.321 e. The van der Waals surface area contributed by atoms with Crippen molar-refractivity contribution in [3.05, 3.63) is 53.1 Å². The van der Waals surface area contributed by atoms with Gasteiger partial charge in [0.1, 0.15) is 5.56 Å². The molecule has 1 saturated carbocycles. The van der Waals surface area contributed by atoms with Gasteiger partial charge >= 0.3 is 0 Å². The summed E-state index contributed by atoms with van der Waals surface area (Å²) in [5.41, 5.74) is 1.14. The van der Waals surface area contributed by atoms with E-state index < -0.39 is 23.7 Å². The number of allylic oxidation sites excluding steroid dienone is 1. The number of benzene rings is 1. The van der Waals surface area contributed by atoms with Crippen LogP contribution < -0.4 is 5.32 Å². The molecular formula is C17H16F3N3O. The van der Waals surface area contributed by atoms with Gasteiger partial charge in [-0.25, -0.2) is 13.5 Å². The first-order chi connectivity index (χ1) is 11.3. The average Bonchev–Trinajstić information content (AvgIpc) is 3.04. The van der Waals surface area contributed by atoms with Crippen LogP contribution in [0.4, 0.5) is 18.9 Å². The molecular weight excluding hydrogens is 319 g/mol. The molecule has 126 valence electrons. The van der Waals surface area contributed by atoms with Gasteiger partial charge in [0.2, 0.25) is 5.95 Å². The van der Waals surface area contributed by atoms with Crippen LogP contribution in [0.15, 0.2) is 30.3 Å². The van der Waals surface area contributed by atoms with E-state index in [9.17, 15) is 18.0 Å². The number of aryl methyl sites for hydroxylation is 2. The van der Waals surface area contributed by atoms with Crippen molar-refractivity contribution in [2.45, 2.75) is 19.3 Å². The van der Waals surface area contributed by atoms with Crippen LogP contribution in [0.1, 0.15) is 28.0 Å². The zero-order valence-corrected chi connectivity index (χ0v) is 13.2. The second kappa shape index (κ2) is 5.81. The van der Waals surface area contributed by atoms with Gasteiger partial charge in [-0.15, -0.1) is 0 Å². The molecule has 1 aromatic heterocycles. The predicted molar refractivity (Wildman–Crippen MR) is 84.4 cm³/mol. The van der Waals surface area contributed by atoms with Gasteiger partial charge in [0.15, 0.2) is 0 Å². The van der Waals surface area contributed by atoms with Crippen LogP contribution in [0.25, 0.3) is 6.08 Å². The lowest BCUT2D eigenvalue weighted by molar-refractivity contribution is 0.102. The fourth-order valence-electron chi connectivity index (χ4n) is 2.49. The number of para-hydroxylation sites is 1. The number of nitrogens with one attached hydrogen (secondary N) is 1. The molecule has 1 heterocycles. The maximum atomic E-state index is 14.0. The van der Waals surface area contributed by atoms with E-state index in [4.69, 9.17) is 0 Å². The van der Waals surface area contributed by atoms with E-state index in [2.05, 4.69) is 10.4 Å². The minimum absolute atomic E-state index is 0.134. The van der Waals surface area contributed by atoms with E-state index in [-0.39, 0.29) is 17.7 Å². The number of hydrogen-bond donors (Lipinski definition) is 1. The Morgan fingerprint density at radius 3 is 2.67 bits per heavy atom. The molecule has 7 heteroatoms. The molecule has 1 atom stereocenters. The molecule has 1 aliphatic carbocycles. The molecule has 2 aromatic rings. The Kier molecular flexibility index (Phi) is 3.95. The number of halogens is 3. The zero-order chi connectivity index (χ0) is 17.5. The molecule has 0 aliphatic heterocycles. The number of nitrogens with zero attached hydrogens (tertiary/aromatic N) is 2. The van der Waals surface area contributed by atoms with E-state index in [1.54, 1.807) is 37.3 Å². The highest BCUT2D eigenvalue weighted by Crippen LogP contribution is 2.49. The van der Waals surface area contributed by atoms with Crippen LogP contribution in [0.3, 0.4) is 0 Å². The maximum Gasteiger partial charge on any atom is 0.262 e. The summed E-state index contributed by atoms with van der Waals surface area (Å²) in [6, 6.07) is 6.76. The van der Waals surface area contributed by atoms with Gasteiger partial charge < -0.3 is 5.32 Å². The van der Waals surface area contributed by atoms with E-state index in [0.717, 1.165) is 4.68 Å². The second-order valence-electron chi connectivity index (χ2n) is 5.85. The van der Waals surface area contributed by atoms with E-state index in [0.29, 0.717) is 11.3 Å². The third-order valence-corrected chi connectivity index (χ3v) is 3.97. The first kappa shape index (κ1) is 16.3. The van der Waals surface area contributed by atoms with Crippen molar-refractivity contribution in [3.63, 3.8) is 0 Å². The summed E-state index contributed by atoms with van der Waals surface area (Å²) in [4.78, 5) is 12.3. The summed E-state index contributed by atoms with van der Waals surface area (Å²) >= 11 is 0. The van der Waals surface area contributed by atoms with Gasteiger partial charge in [-0.05, 0) is 18.6 Å². The normalized spacial score (nSPS) is 18.8. The molecule has 1 N–H and O–H groups in total. The smallest absolute Gasteiger partial charge is 0.262 e. The van der Waals surface area contributed by atoms with E-state index >= 15 is 0 Å². The van der Waals surface area contributed by atoms with Crippen molar-refractivity contribution < 1.29 is 18.0 Å². The Hall–Kier alpha value is -2.57. The molecule has 0 saturated heterocycles. The first-order valence-corrected chi connectivity index (χ1v) is 7.45. The van der Waals surface area contributed by atoms with Gasteiger partial charge in [-0.1, -0.05) is 30.4 Å². The maximum absolute atomic E-state index is 14.0. The monoisotopic (exact) mass is 335 g/mol. The van der Waals surface area contributed by atoms with E-state index in [1.165, 1.54) is 13.1 Å². The van der Waals surface area contributed by atoms with Crippen LogP contribution in [0.5, 0.6) is 0 Å². The second-order valence-corrected chi connectivity index (χ2v) is 5.85. The van der Waals surface area contributed by atoms with Crippen molar-refractivity contribution in [1.29, 1.82) is 0 Å². The van der Waals surface area contributed by atoms with Crippen molar-refractivity contribution in [1.82, 2.24) is 9.78 Å². The summed E-state index contributed by atoms with van der Waals surface area (Å²) in [7, 11) is 1.41. The largest absolute Gasteiger partial charge is 0.321 e. The summed E-state index contributed by atoms with van der Waals surface area (Å²) in [5.74, 6) is -4.75. The highest BCUT2D eigenvalue weighted by atomic mass is 19.3. The Morgan fingerprint density at radius 1 is 1.42 bits per heavy atom. The molecule has 0 radical (unpaired) electrons. The zero-order valence-electron chi connectivity index (χ0n) is 13.2. The number of carbonyl (C=O) groups is 1. The van der Waals surface area contributed by atoms with Crippen molar-refractivity contribution in [3.8, 4) is 0 Å². The summed E-state index contributed by atoms with van der Waals surface area (Å²) in [6.45, 7) is 1.54. The number of hydrogen-bond acceptors (Lipinski definition) is 2. The predicted octanol–water partition coefficient (Wildman–Crippen LogP) is 3.79. The molecule has 24 heavy (non-hydrogen) atoms. The Morgan fingerprint density at radius 2 is 2.08 bits per heavy atom. The molecule has 0 spiro atoms. The van der Waals surface area contributed by atoms with Crippen LogP contribution in [-0.4, -0.2) is 21.6 Å². The van der Waals surface area contributed by atoms with Crippen molar-refractivity contribution in [2.75, 3.05) is 5.32 Å². The lowest BCUT2D eigenvalue weighted by atomic mass is 10.1. The summed E-state index contributed by atoms with van der Waals surface area (Å²) < 4.78 is 40.9. The average molecular weight is 335 g/mol. The molecule has 1 amide bonds. The molecule has 0 bridgehead atoms. The van der Waals surface area contributed by atoms with Gasteiger partial charge in [0, 0.05) is 25.1 Å². The van der Waals surface area contributed by atoms with Gasteiger partial charge in [0.25, 0.3) is 11.8 Å².